The van der Waals surface area contributed by atoms with Gasteiger partial charge in [0.1, 0.15) is 0 Å². The first-order chi connectivity index (χ1) is 9.29. The van der Waals surface area contributed by atoms with Gasteiger partial charge in [0.05, 0.1) is 6.10 Å². The molecule has 3 nitrogen and oxygen atoms in total. The molecule has 1 aliphatic carbocycles. The average Bonchev–Trinajstić information content (AvgIpc) is 2.38. The van der Waals surface area contributed by atoms with Gasteiger partial charge in [0.25, 0.3) is 0 Å². The number of aliphatic hydroxyl groups excluding tert-OH is 1. The Bertz CT molecular complexity index is 303. The van der Waals surface area contributed by atoms with E-state index in [1.165, 1.54) is 12.8 Å². The van der Waals surface area contributed by atoms with E-state index in [0.717, 1.165) is 44.4 Å². The molecule has 0 spiro atoms. The maximum absolute atomic E-state index is 10.4. The maximum atomic E-state index is 10.4. The Kier molecular flexibility index (Phi) is 5.14. The summed E-state index contributed by atoms with van der Waals surface area (Å²) in [4.78, 5) is 5.13. The van der Waals surface area contributed by atoms with Crippen LogP contribution in [0.15, 0.2) is 0 Å². The summed E-state index contributed by atoms with van der Waals surface area (Å²) >= 11 is 0. The lowest BCUT2D eigenvalue weighted by molar-refractivity contribution is -0.0348. The molecule has 3 atom stereocenters. The van der Waals surface area contributed by atoms with Crippen LogP contribution in [0.2, 0.25) is 0 Å². The first-order valence-corrected chi connectivity index (χ1v) is 8.46. The van der Waals surface area contributed by atoms with Gasteiger partial charge in [0, 0.05) is 37.8 Å². The van der Waals surface area contributed by atoms with Crippen LogP contribution < -0.4 is 0 Å². The number of rotatable bonds is 2. The third kappa shape index (κ3) is 3.75. The van der Waals surface area contributed by atoms with Crippen LogP contribution in [0.5, 0.6) is 0 Å². The van der Waals surface area contributed by atoms with Crippen LogP contribution >= 0.6 is 0 Å². The molecule has 0 radical (unpaired) electrons. The zero-order valence-corrected chi connectivity index (χ0v) is 14.1. The van der Waals surface area contributed by atoms with Gasteiger partial charge in [-0.05, 0) is 51.9 Å². The minimum atomic E-state index is -0.105. The van der Waals surface area contributed by atoms with Crippen molar-refractivity contribution in [3.8, 4) is 0 Å². The van der Waals surface area contributed by atoms with Gasteiger partial charge < -0.3 is 5.11 Å². The molecular formula is C17H34N2O. The standard InChI is InChI=1S/C17H34N2O/c1-13(2)14-6-7-16(20)15(12-14)18-8-10-19(11-9-18)17(3,4)5/h13-16,20H,6-12H2,1-5H3. The third-order valence-electron chi connectivity index (χ3n) is 5.50. The Morgan fingerprint density at radius 2 is 1.60 bits per heavy atom. The molecule has 1 N–H and O–H groups in total. The van der Waals surface area contributed by atoms with Crippen LogP contribution in [-0.4, -0.2) is 58.8 Å². The maximum Gasteiger partial charge on any atom is 0.0695 e. The van der Waals surface area contributed by atoms with Gasteiger partial charge in [-0.2, -0.15) is 0 Å². The van der Waals surface area contributed by atoms with E-state index in [0.29, 0.717) is 6.04 Å². The fraction of sp³-hybridized carbons (Fsp3) is 1.00. The fourth-order valence-electron chi connectivity index (χ4n) is 3.88. The minimum Gasteiger partial charge on any atom is -0.391 e. The normalized spacial score (nSPS) is 34.6. The summed E-state index contributed by atoms with van der Waals surface area (Å²) in [5.41, 5.74) is 0.276. The average molecular weight is 282 g/mol. The number of hydrogen-bond acceptors (Lipinski definition) is 3. The molecule has 3 unspecified atom stereocenters. The highest BCUT2D eigenvalue weighted by Gasteiger charge is 2.36. The van der Waals surface area contributed by atoms with Gasteiger partial charge in [-0.1, -0.05) is 13.8 Å². The molecule has 2 rings (SSSR count). The molecule has 0 bridgehead atoms. The smallest absolute Gasteiger partial charge is 0.0695 e. The van der Waals surface area contributed by atoms with E-state index in [2.05, 4.69) is 44.4 Å². The van der Waals surface area contributed by atoms with Crippen molar-refractivity contribution < 1.29 is 5.11 Å². The molecule has 2 fully saturated rings. The highest BCUT2D eigenvalue weighted by atomic mass is 16.3. The van der Waals surface area contributed by atoms with Crippen LogP contribution in [0.25, 0.3) is 0 Å². The molecule has 0 aromatic rings. The van der Waals surface area contributed by atoms with Gasteiger partial charge in [-0.25, -0.2) is 0 Å². The second kappa shape index (κ2) is 6.33. The summed E-state index contributed by atoms with van der Waals surface area (Å²) in [6, 6.07) is 0.401. The molecule has 0 aromatic carbocycles. The van der Waals surface area contributed by atoms with E-state index in [4.69, 9.17) is 0 Å². The largest absolute Gasteiger partial charge is 0.391 e. The molecule has 2 aliphatic rings. The monoisotopic (exact) mass is 282 g/mol. The number of piperazine rings is 1. The quantitative estimate of drug-likeness (QED) is 0.843. The van der Waals surface area contributed by atoms with E-state index in [1.54, 1.807) is 0 Å². The zero-order valence-electron chi connectivity index (χ0n) is 14.1. The molecule has 1 heterocycles. The molecule has 3 heteroatoms. The second-order valence-electron chi connectivity index (χ2n) is 8.15. The third-order valence-corrected chi connectivity index (χ3v) is 5.50. The molecule has 1 saturated heterocycles. The van der Waals surface area contributed by atoms with Gasteiger partial charge in [-0.15, -0.1) is 0 Å². The Labute approximate surface area is 125 Å². The number of nitrogens with zero attached hydrogens (tertiary/aromatic N) is 2. The van der Waals surface area contributed by atoms with E-state index >= 15 is 0 Å². The van der Waals surface area contributed by atoms with E-state index in [1.807, 2.05) is 0 Å². The highest BCUT2D eigenvalue weighted by molar-refractivity contribution is 4.91. The van der Waals surface area contributed by atoms with E-state index < -0.39 is 0 Å². The first kappa shape index (κ1) is 16.3. The Morgan fingerprint density at radius 1 is 1.00 bits per heavy atom. The van der Waals surface area contributed by atoms with Crippen molar-refractivity contribution in [1.82, 2.24) is 9.80 Å². The van der Waals surface area contributed by atoms with Crippen LogP contribution in [0.3, 0.4) is 0 Å². The summed E-state index contributed by atoms with van der Waals surface area (Å²) in [7, 11) is 0. The van der Waals surface area contributed by atoms with Crippen molar-refractivity contribution in [3.05, 3.63) is 0 Å². The van der Waals surface area contributed by atoms with E-state index in [9.17, 15) is 5.11 Å². The molecule has 1 saturated carbocycles. The predicted molar refractivity (Wildman–Crippen MR) is 84.9 cm³/mol. The van der Waals surface area contributed by atoms with Crippen LogP contribution in [0.4, 0.5) is 0 Å². The molecule has 0 amide bonds. The molecule has 20 heavy (non-hydrogen) atoms. The van der Waals surface area contributed by atoms with Crippen LogP contribution in [0.1, 0.15) is 53.9 Å². The van der Waals surface area contributed by atoms with Crippen LogP contribution in [-0.2, 0) is 0 Å². The molecule has 1 aliphatic heterocycles. The van der Waals surface area contributed by atoms with Gasteiger partial charge in [0.15, 0.2) is 0 Å². The van der Waals surface area contributed by atoms with Crippen molar-refractivity contribution in [1.29, 1.82) is 0 Å². The Hall–Kier alpha value is -0.120. The Morgan fingerprint density at radius 3 is 2.10 bits per heavy atom. The fourth-order valence-corrected chi connectivity index (χ4v) is 3.88. The molecular weight excluding hydrogens is 248 g/mol. The predicted octanol–water partition coefficient (Wildman–Crippen LogP) is 2.59. The number of hydrogen-bond donors (Lipinski definition) is 1. The SMILES string of the molecule is CC(C)C1CCC(O)C(N2CCN(C(C)(C)C)CC2)C1. The summed E-state index contributed by atoms with van der Waals surface area (Å²) in [6.07, 6.45) is 3.28. The van der Waals surface area contributed by atoms with Gasteiger partial charge >= 0.3 is 0 Å². The minimum absolute atomic E-state index is 0.105. The summed E-state index contributed by atoms with van der Waals surface area (Å²) < 4.78 is 0. The van der Waals surface area contributed by atoms with Crippen LogP contribution in [0, 0.1) is 11.8 Å². The zero-order chi connectivity index (χ0) is 14.9. The van der Waals surface area contributed by atoms with Gasteiger partial charge in [0.2, 0.25) is 0 Å². The van der Waals surface area contributed by atoms with Crippen molar-refractivity contribution >= 4 is 0 Å². The van der Waals surface area contributed by atoms with Crippen molar-refractivity contribution in [2.24, 2.45) is 11.8 Å². The van der Waals surface area contributed by atoms with Crippen molar-refractivity contribution in [2.45, 2.75) is 71.6 Å². The lowest BCUT2D eigenvalue weighted by Gasteiger charge is -2.48. The second-order valence-corrected chi connectivity index (χ2v) is 8.15. The Balaban J connectivity index is 1.91. The van der Waals surface area contributed by atoms with Gasteiger partial charge in [-0.3, -0.25) is 9.80 Å². The topological polar surface area (TPSA) is 26.7 Å². The lowest BCUT2D eigenvalue weighted by Crippen LogP contribution is -2.58. The number of aliphatic hydroxyl groups is 1. The van der Waals surface area contributed by atoms with Crippen molar-refractivity contribution in [3.63, 3.8) is 0 Å². The molecule has 0 aromatic heterocycles. The lowest BCUT2D eigenvalue weighted by atomic mass is 9.77. The summed E-state index contributed by atoms with van der Waals surface area (Å²) in [5.74, 6) is 1.55. The summed E-state index contributed by atoms with van der Waals surface area (Å²) in [6.45, 7) is 16.1. The molecule has 118 valence electrons. The highest BCUT2D eigenvalue weighted by Crippen LogP contribution is 2.33. The van der Waals surface area contributed by atoms with Crippen molar-refractivity contribution in [2.75, 3.05) is 26.2 Å². The van der Waals surface area contributed by atoms with E-state index in [-0.39, 0.29) is 11.6 Å². The summed E-state index contributed by atoms with van der Waals surface area (Å²) in [5, 5.41) is 10.4. The first-order valence-electron chi connectivity index (χ1n) is 8.46.